The molecule has 0 aromatic heterocycles. The zero-order valence-electron chi connectivity index (χ0n) is 22.2. The Morgan fingerprint density at radius 2 is 1.85 bits per heavy atom. The van der Waals surface area contributed by atoms with Gasteiger partial charge in [-0.1, -0.05) is 65.5 Å². The fourth-order valence-corrected chi connectivity index (χ4v) is 9.20. The van der Waals surface area contributed by atoms with Crippen molar-refractivity contribution in [1.82, 2.24) is 0 Å². The van der Waals surface area contributed by atoms with Crippen molar-refractivity contribution in [2.75, 3.05) is 12.4 Å². The van der Waals surface area contributed by atoms with Crippen LogP contribution in [0.5, 0.6) is 0 Å². The summed E-state index contributed by atoms with van der Waals surface area (Å²) in [5.74, 6) is 5.86. The van der Waals surface area contributed by atoms with Gasteiger partial charge in [-0.15, -0.1) is 0 Å². The summed E-state index contributed by atoms with van der Waals surface area (Å²) in [6, 6.07) is 0. The Hall–Kier alpha value is 0.0100. The van der Waals surface area contributed by atoms with Gasteiger partial charge in [0.2, 0.25) is 0 Å². The van der Waals surface area contributed by atoms with Crippen molar-refractivity contribution in [3.63, 3.8) is 0 Å². The third-order valence-electron chi connectivity index (χ3n) is 11.0. The summed E-state index contributed by atoms with van der Waals surface area (Å²) in [5.41, 5.74) is 2.64. The first-order valence-corrected chi connectivity index (χ1v) is 14.9. The zero-order valence-corrected chi connectivity index (χ0v) is 23.1. The van der Waals surface area contributed by atoms with Gasteiger partial charge in [0.15, 0.2) is 0 Å². The van der Waals surface area contributed by atoms with Crippen molar-refractivity contribution >= 4 is 12.6 Å². The van der Waals surface area contributed by atoms with E-state index in [0.29, 0.717) is 23.2 Å². The molecule has 0 saturated heterocycles. The van der Waals surface area contributed by atoms with Crippen molar-refractivity contribution < 1.29 is 9.84 Å². The maximum atomic E-state index is 9.85. The fraction of sp³-hybridized carbons (Fsp3) is 0.933. The van der Waals surface area contributed by atoms with E-state index in [1.807, 2.05) is 0 Å². The van der Waals surface area contributed by atoms with E-state index in [1.165, 1.54) is 57.8 Å². The smallest absolute Gasteiger partial charge is 0.0861 e. The van der Waals surface area contributed by atoms with Gasteiger partial charge in [0.05, 0.1) is 18.8 Å². The normalized spacial score (nSPS) is 42.3. The highest BCUT2D eigenvalue weighted by atomic mass is 32.1. The maximum absolute atomic E-state index is 9.85. The van der Waals surface area contributed by atoms with Crippen LogP contribution in [0.4, 0.5) is 0 Å². The lowest BCUT2D eigenvalue weighted by atomic mass is 9.47. The molecular formula is C30H52O2S. The molecule has 4 aliphatic rings. The van der Waals surface area contributed by atoms with Crippen molar-refractivity contribution in [3.05, 3.63) is 11.6 Å². The van der Waals surface area contributed by atoms with E-state index in [1.54, 1.807) is 5.57 Å². The summed E-state index contributed by atoms with van der Waals surface area (Å²) in [5, 5.41) is 9.85. The second-order valence-electron chi connectivity index (χ2n) is 13.3. The van der Waals surface area contributed by atoms with Crippen molar-refractivity contribution in [1.29, 1.82) is 0 Å². The molecule has 0 heterocycles. The van der Waals surface area contributed by atoms with E-state index in [0.717, 1.165) is 48.3 Å². The van der Waals surface area contributed by atoms with Gasteiger partial charge in [-0.05, 0) is 97.7 Å². The summed E-state index contributed by atoms with van der Waals surface area (Å²) < 4.78 is 6.10. The first-order valence-electron chi connectivity index (χ1n) is 14.3. The van der Waals surface area contributed by atoms with E-state index in [4.69, 9.17) is 4.74 Å². The molecule has 8 unspecified atom stereocenters. The van der Waals surface area contributed by atoms with Crippen LogP contribution in [0.25, 0.3) is 0 Å². The van der Waals surface area contributed by atoms with Gasteiger partial charge in [0.25, 0.3) is 0 Å². The first kappa shape index (κ1) is 26.1. The average molecular weight is 477 g/mol. The minimum atomic E-state index is -0.439. The van der Waals surface area contributed by atoms with Crippen LogP contribution in [0.1, 0.15) is 105 Å². The standard InChI is InChI=1S/C30H52O2S/c1-20(2)7-6-8-21(3)26-11-12-27-25-10-9-22-17-24(32-18-23(31)19-33)13-15-29(22,4)28(25)14-16-30(26,27)5/h9,20-21,23-28,31,33H,6-8,10-19H2,1-5H3/t21?,23?,24?,25?,26?,27?,28?,29?,30-/m1/s1. The Balaban J connectivity index is 1.42. The van der Waals surface area contributed by atoms with Crippen molar-refractivity contribution in [2.24, 2.45) is 46.3 Å². The van der Waals surface area contributed by atoms with Crippen LogP contribution in [-0.4, -0.2) is 29.7 Å². The predicted molar refractivity (Wildman–Crippen MR) is 143 cm³/mol. The summed E-state index contributed by atoms with van der Waals surface area (Å²) in [7, 11) is 0. The van der Waals surface area contributed by atoms with Gasteiger partial charge in [0.1, 0.15) is 0 Å². The molecule has 1 N–H and O–H groups in total. The number of aliphatic hydroxyl groups excluding tert-OH is 1. The molecule has 33 heavy (non-hydrogen) atoms. The quantitative estimate of drug-likeness (QED) is 0.264. The van der Waals surface area contributed by atoms with Gasteiger partial charge in [0, 0.05) is 5.75 Å². The fourth-order valence-electron chi connectivity index (χ4n) is 9.09. The van der Waals surface area contributed by atoms with Crippen LogP contribution in [0, 0.1) is 46.3 Å². The molecule has 2 nitrogen and oxygen atoms in total. The van der Waals surface area contributed by atoms with Crippen LogP contribution in [0.15, 0.2) is 11.6 Å². The molecule has 3 heteroatoms. The molecule has 0 aromatic carbocycles. The third-order valence-corrected chi connectivity index (χ3v) is 11.4. The molecule has 190 valence electrons. The highest BCUT2D eigenvalue weighted by molar-refractivity contribution is 7.80. The molecule has 3 saturated carbocycles. The summed E-state index contributed by atoms with van der Waals surface area (Å²) in [6.07, 6.45) is 17.4. The molecule has 9 atom stereocenters. The minimum absolute atomic E-state index is 0.284. The molecule has 4 rings (SSSR count). The predicted octanol–water partition coefficient (Wildman–Crippen LogP) is 7.70. The SMILES string of the molecule is CC(C)CCCC(C)C1CCC2C3CC=C4CC(OCC(O)CS)CCC4(C)C3CC[C@]12C. The molecular weight excluding hydrogens is 424 g/mol. The van der Waals surface area contributed by atoms with Crippen LogP contribution in [-0.2, 0) is 4.74 Å². The number of fused-ring (bicyclic) bond motifs is 5. The lowest BCUT2D eigenvalue weighted by molar-refractivity contribution is -0.0696. The van der Waals surface area contributed by atoms with Gasteiger partial charge < -0.3 is 9.84 Å². The molecule has 4 aliphatic carbocycles. The number of ether oxygens (including phenoxy) is 1. The Kier molecular flexibility index (Phi) is 8.34. The second kappa shape index (κ2) is 10.6. The Morgan fingerprint density at radius 3 is 2.58 bits per heavy atom. The van der Waals surface area contributed by atoms with E-state index < -0.39 is 6.10 Å². The Labute approximate surface area is 210 Å². The number of allylic oxidation sites excluding steroid dienone is 1. The number of thiol groups is 1. The third kappa shape index (κ3) is 5.12. The highest BCUT2D eigenvalue weighted by Crippen LogP contribution is 2.67. The summed E-state index contributed by atoms with van der Waals surface area (Å²) >= 11 is 4.19. The van der Waals surface area contributed by atoms with Crippen molar-refractivity contribution in [3.8, 4) is 0 Å². The van der Waals surface area contributed by atoms with E-state index in [9.17, 15) is 5.11 Å². The summed E-state index contributed by atoms with van der Waals surface area (Å²) in [6.45, 7) is 13.0. The Morgan fingerprint density at radius 1 is 1.06 bits per heavy atom. The topological polar surface area (TPSA) is 29.5 Å². The van der Waals surface area contributed by atoms with Gasteiger partial charge >= 0.3 is 0 Å². The average Bonchev–Trinajstić information content (AvgIpc) is 3.14. The minimum Gasteiger partial charge on any atom is -0.390 e. The summed E-state index contributed by atoms with van der Waals surface area (Å²) in [4.78, 5) is 0. The molecule has 0 aromatic rings. The van der Waals surface area contributed by atoms with Crippen LogP contribution in [0.3, 0.4) is 0 Å². The number of hydrogen-bond acceptors (Lipinski definition) is 3. The van der Waals surface area contributed by atoms with Crippen LogP contribution >= 0.6 is 12.6 Å². The van der Waals surface area contributed by atoms with E-state index in [2.05, 4.69) is 53.3 Å². The Bertz CT molecular complexity index is 689. The number of rotatable bonds is 9. The van der Waals surface area contributed by atoms with Gasteiger partial charge in [-0.25, -0.2) is 0 Å². The molecule has 3 fully saturated rings. The number of aliphatic hydroxyl groups is 1. The first-order chi connectivity index (χ1) is 15.7. The molecule has 0 amide bonds. The van der Waals surface area contributed by atoms with Crippen molar-refractivity contribution in [2.45, 2.75) is 117 Å². The van der Waals surface area contributed by atoms with Gasteiger partial charge in [-0.3, -0.25) is 0 Å². The van der Waals surface area contributed by atoms with Gasteiger partial charge in [-0.2, -0.15) is 12.6 Å². The molecule has 0 radical (unpaired) electrons. The highest BCUT2D eigenvalue weighted by Gasteiger charge is 2.59. The second-order valence-corrected chi connectivity index (χ2v) is 13.7. The van der Waals surface area contributed by atoms with E-state index in [-0.39, 0.29) is 6.10 Å². The molecule has 0 spiro atoms. The molecule has 0 bridgehead atoms. The largest absolute Gasteiger partial charge is 0.390 e. The molecule has 0 aliphatic heterocycles. The maximum Gasteiger partial charge on any atom is 0.0861 e. The lowest BCUT2D eigenvalue weighted by Gasteiger charge is -2.58. The van der Waals surface area contributed by atoms with E-state index >= 15 is 0 Å². The number of hydrogen-bond donors (Lipinski definition) is 2. The lowest BCUT2D eigenvalue weighted by Crippen LogP contribution is -2.51. The zero-order chi connectivity index (χ0) is 23.8. The monoisotopic (exact) mass is 476 g/mol. The van der Waals surface area contributed by atoms with Crippen LogP contribution < -0.4 is 0 Å². The van der Waals surface area contributed by atoms with Crippen LogP contribution in [0.2, 0.25) is 0 Å².